The second kappa shape index (κ2) is 10.8. The van der Waals surface area contributed by atoms with Gasteiger partial charge in [0.2, 0.25) is 5.91 Å². The van der Waals surface area contributed by atoms with Crippen LogP contribution in [-0.2, 0) is 32.0 Å². The van der Waals surface area contributed by atoms with Crippen LogP contribution in [0.2, 0.25) is 0 Å². The van der Waals surface area contributed by atoms with Gasteiger partial charge in [0.05, 0.1) is 17.5 Å². The zero-order chi connectivity index (χ0) is 29.8. The number of phenols is 1. The van der Waals surface area contributed by atoms with Crippen LogP contribution >= 0.6 is 0 Å². The number of aromatic hydroxyl groups is 1. The number of rotatable bonds is 8. The normalized spacial score (nSPS) is 30.2. The molecule has 0 spiro atoms. The van der Waals surface area contributed by atoms with Crippen LogP contribution in [0.15, 0.2) is 12.1 Å². The fourth-order valence-electron chi connectivity index (χ4n) is 7.77. The van der Waals surface area contributed by atoms with Crippen molar-refractivity contribution < 1.29 is 34.2 Å². The third-order valence-corrected chi connectivity index (χ3v) is 9.16. The zero-order valence-electron chi connectivity index (χ0n) is 24.3. The minimum Gasteiger partial charge on any atom is -0.507 e. The Morgan fingerprint density at radius 1 is 1.05 bits per heavy atom. The van der Waals surface area contributed by atoms with Crippen LogP contribution in [0.4, 0.5) is 0 Å². The number of ketones is 4. The Hall–Kier alpha value is -2.91. The van der Waals surface area contributed by atoms with Gasteiger partial charge in [0.1, 0.15) is 5.75 Å². The maximum absolute atomic E-state index is 14.0. The van der Waals surface area contributed by atoms with Crippen molar-refractivity contribution in [3.8, 4) is 5.75 Å². The summed E-state index contributed by atoms with van der Waals surface area (Å²) in [6.07, 6.45) is 3.10. The van der Waals surface area contributed by atoms with Crippen LogP contribution in [0.5, 0.6) is 5.75 Å². The van der Waals surface area contributed by atoms with E-state index in [1.54, 1.807) is 14.1 Å². The van der Waals surface area contributed by atoms with Crippen molar-refractivity contribution in [1.29, 1.82) is 0 Å². The molecule has 3 aliphatic rings. The SMILES string of the molecule is CC(C)CC(Cc1ccc(O)c2c1C[C@@H]1C[C@@H]3C(N(C)C)C(=O)C(C(N)=O)C(=O)[C@]3(O)C(=O)C1C2=O)CC(C)C. The number of aliphatic hydroxyl groups is 1. The van der Waals surface area contributed by atoms with E-state index in [0.717, 1.165) is 24.8 Å². The number of nitrogens with zero attached hydrogens (tertiary/aromatic N) is 1. The number of hydrogen-bond donors (Lipinski definition) is 3. The molecule has 0 radical (unpaired) electrons. The number of likely N-dealkylation sites (N-methyl/N-ethyl adjacent to an activating group) is 1. The highest BCUT2D eigenvalue weighted by atomic mass is 16.3. The van der Waals surface area contributed by atoms with Crippen LogP contribution in [0.1, 0.15) is 68.4 Å². The standard InChI is InChI=1S/C31H42N2O7/c1-14(2)9-16(10-15(3)4)11-17-7-8-21(34)23-19(17)12-18-13-20-25(33(5)6)27(36)24(30(32)39)29(38)31(20,40)28(37)22(18)26(23)35/h7-8,14-16,18,20,22,24-25,34,40H,9-13H2,1-6H3,(H2,32,39)/t18-,20-,22?,24?,25?,31-/m1/s1. The first-order chi connectivity index (χ1) is 18.6. The summed E-state index contributed by atoms with van der Waals surface area (Å²) >= 11 is 0. The molecule has 0 aliphatic heterocycles. The van der Waals surface area contributed by atoms with Gasteiger partial charge in [-0.1, -0.05) is 33.8 Å². The number of benzene rings is 1. The Morgan fingerprint density at radius 2 is 1.65 bits per heavy atom. The molecule has 2 saturated carbocycles. The molecule has 0 aromatic heterocycles. The molecular weight excluding hydrogens is 512 g/mol. The first-order valence-electron chi connectivity index (χ1n) is 14.3. The first-order valence-corrected chi connectivity index (χ1v) is 14.3. The topological polar surface area (TPSA) is 155 Å². The molecule has 0 saturated heterocycles. The van der Waals surface area contributed by atoms with E-state index in [0.29, 0.717) is 29.7 Å². The molecule has 1 aromatic rings. The van der Waals surface area contributed by atoms with Gasteiger partial charge >= 0.3 is 0 Å². The van der Waals surface area contributed by atoms with E-state index < -0.39 is 64.4 Å². The van der Waals surface area contributed by atoms with Crippen molar-refractivity contribution in [3.63, 3.8) is 0 Å². The second-order valence-corrected chi connectivity index (χ2v) is 13.2. The van der Waals surface area contributed by atoms with Gasteiger partial charge < -0.3 is 15.9 Å². The number of phenolic OH excluding ortho intramolecular Hbond substituents is 1. The summed E-state index contributed by atoms with van der Waals surface area (Å²) in [5, 5.41) is 22.5. The fraction of sp³-hybridized carbons (Fsp3) is 0.645. The highest BCUT2D eigenvalue weighted by Gasteiger charge is 2.69. The maximum atomic E-state index is 14.0. The Labute approximate surface area is 235 Å². The predicted molar refractivity (Wildman–Crippen MR) is 147 cm³/mol. The number of fused-ring (bicyclic) bond motifs is 3. The zero-order valence-corrected chi connectivity index (χ0v) is 24.3. The van der Waals surface area contributed by atoms with Crippen LogP contribution in [0, 0.1) is 41.4 Å². The maximum Gasteiger partial charge on any atom is 0.235 e. The summed E-state index contributed by atoms with van der Waals surface area (Å²) in [5.41, 5.74) is 4.39. The van der Waals surface area contributed by atoms with E-state index in [1.807, 2.05) is 6.07 Å². The Bertz CT molecular complexity index is 1240. The molecule has 6 atom stereocenters. The molecule has 0 heterocycles. The smallest absolute Gasteiger partial charge is 0.235 e. The van der Waals surface area contributed by atoms with Gasteiger partial charge in [-0.05, 0) is 87.1 Å². The lowest BCUT2D eigenvalue weighted by Crippen LogP contribution is -2.74. The van der Waals surface area contributed by atoms with Crippen molar-refractivity contribution in [1.82, 2.24) is 4.90 Å². The molecule has 0 bridgehead atoms. The van der Waals surface area contributed by atoms with Crippen molar-refractivity contribution >= 4 is 29.0 Å². The molecule has 1 amide bonds. The molecule has 40 heavy (non-hydrogen) atoms. The number of primary amides is 1. The number of Topliss-reactive ketones (excluding diaryl/α,β-unsaturated/α-hetero) is 4. The summed E-state index contributed by atoms with van der Waals surface area (Å²) < 4.78 is 0. The van der Waals surface area contributed by atoms with Crippen molar-refractivity contribution in [2.45, 2.75) is 71.4 Å². The van der Waals surface area contributed by atoms with Gasteiger partial charge in [0.25, 0.3) is 0 Å². The first kappa shape index (κ1) is 30.1. The van der Waals surface area contributed by atoms with Crippen LogP contribution in [0.25, 0.3) is 0 Å². The van der Waals surface area contributed by atoms with E-state index in [9.17, 15) is 34.2 Å². The largest absolute Gasteiger partial charge is 0.507 e. The molecule has 3 aliphatic carbocycles. The fourth-order valence-corrected chi connectivity index (χ4v) is 7.77. The van der Waals surface area contributed by atoms with E-state index >= 15 is 0 Å². The minimum absolute atomic E-state index is 0.0560. The van der Waals surface area contributed by atoms with Gasteiger partial charge in [-0.15, -0.1) is 0 Å². The monoisotopic (exact) mass is 554 g/mol. The number of hydrogen-bond acceptors (Lipinski definition) is 8. The molecular formula is C31H42N2O7. The molecule has 218 valence electrons. The van der Waals surface area contributed by atoms with Crippen LogP contribution in [0.3, 0.4) is 0 Å². The van der Waals surface area contributed by atoms with Gasteiger partial charge in [-0.3, -0.25) is 28.9 Å². The van der Waals surface area contributed by atoms with Crippen molar-refractivity contribution in [3.05, 3.63) is 28.8 Å². The summed E-state index contributed by atoms with van der Waals surface area (Å²) in [6.45, 7) is 8.72. The minimum atomic E-state index is -2.70. The average molecular weight is 555 g/mol. The third-order valence-electron chi connectivity index (χ3n) is 9.16. The van der Waals surface area contributed by atoms with Crippen molar-refractivity contribution in [2.75, 3.05) is 14.1 Å². The average Bonchev–Trinajstić information content (AvgIpc) is 2.81. The molecule has 4 N–H and O–H groups in total. The van der Waals surface area contributed by atoms with E-state index in [1.165, 1.54) is 11.0 Å². The summed E-state index contributed by atoms with van der Waals surface area (Å²) in [6, 6.07) is 2.23. The van der Waals surface area contributed by atoms with E-state index in [-0.39, 0.29) is 17.7 Å². The van der Waals surface area contributed by atoms with Gasteiger partial charge in [-0.25, -0.2) is 0 Å². The molecule has 3 unspecified atom stereocenters. The molecule has 9 heteroatoms. The van der Waals surface area contributed by atoms with Crippen molar-refractivity contribution in [2.24, 2.45) is 47.2 Å². The lowest BCUT2D eigenvalue weighted by molar-refractivity contribution is -0.181. The Kier molecular flexibility index (Phi) is 8.13. The second-order valence-electron chi connectivity index (χ2n) is 13.2. The van der Waals surface area contributed by atoms with Crippen LogP contribution < -0.4 is 5.73 Å². The number of amides is 1. The molecule has 9 nitrogen and oxygen atoms in total. The summed E-state index contributed by atoms with van der Waals surface area (Å²) in [4.78, 5) is 68.1. The van der Waals surface area contributed by atoms with Gasteiger partial charge in [0.15, 0.2) is 34.7 Å². The van der Waals surface area contributed by atoms with E-state index in [4.69, 9.17) is 5.73 Å². The van der Waals surface area contributed by atoms with Gasteiger partial charge in [0, 0.05) is 5.92 Å². The highest BCUT2D eigenvalue weighted by Crippen LogP contribution is 2.51. The number of carbonyl (C=O) groups excluding carboxylic acids is 5. The van der Waals surface area contributed by atoms with Gasteiger partial charge in [-0.2, -0.15) is 0 Å². The molecule has 2 fully saturated rings. The Balaban J connectivity index is 1.79. The molecule has 4 rings (SSSR count). The highest BCUT2D eigenvalue weighted by molar-refractivity contribution is 6.32. The van der Waals surface area contributed by atoms with E-state index in [2.05, 4.69) is 27.7 Å². The lowest BCUT2D eigenvalue weighted by atomic mass is 9.52. The third kappa shape index (κ3) is 4.81. The Morgan fingerprint density at radius 3 is 2.17 bits per heavy atom. The number of nitrogens with two attached hydrogens (primary N) is 1. The van der Waals surface area contributed by atoms with Crippen LogP contribution in [-0.4, -0.2) is 69.9 Å². The number of carbonyl (C=O) groups is 5. The lowest BCUT2D eigenvalue weighted by Gasteiger charge is -2.52. The molecule has 1 aromatic carbocycles. The summed E-state index contributed by atoms with van der Waals surface area (Å²) in [5.74, 6) is -8.79. The summed E-state index contributed by atoms with van der Waals surface area (Å²) in [7, 11) is 3.16. The quantitative estimate of drug-likeness (QED) is 0.413. The predicted octanol–water partition coefficient (Wildman–Crippen LogP) is 2.12.